The number of rotatable bonds is 5. The summed E-state index contributed by atoms with van der Waals surface area (Å²) < 4.78 is 17.0. The van der Waals surface area contributed by atoms with E-state index < -0.39 is 0 Å². The second kappa shape index (κ2) is 8.23. The van der Waals surface area contributed by atoms with Crippen molar-refractivity contribution in [2.24, 2.45) is 5.92 Å². The summed E-state index contributed by atoms with van der Waals surface area (Å²) in [4.78, 5) is 14.3. The maximum absolute atomic E-state index is 11.9. The van der Waals surface area contributed by atoms with Crippen molar-refractivity contribution >= 4 is 11.5 Å². The first-order chi connectivity index (χ1) is 13.7. The number of para-hydroxylation sites is 1. The number of anilines is 1. The van der Waals surface area contributed by atoms with Gasteiger partial charge in [0.2, 0.25) is 0 Å². The molecule has 0 unspecified atom stereocenters. The molecule has 0 spiro atoms. The van der Waals surface area contributed by atoms with E-state index in [1.165, 1.54) is 16.8 Å². The van der Waals surface area contributed by atoms with Crippen LogP contribution >= 0.6 is 0 Å². The maximum Gasteiger partial charge on any atom is 0.164 e. The summed E-state index contributed by atoms with van der Waals surface area (Å²) in [6.07, 6.45) is 1.82. The Hall–Kier alpha value is -2.53. The van der Waals surface area contributed by atoms with E-state index in [4.69, 9.17) is 14.2 Å². The van der Waals surface area contributed by atoms with Crippen LogP contribution in [0.5, 0.6) is 11.5 Å². The fourth-order valence-corrected chi connectivity index (χ4v) is 4.14. The minimum atomic E-state index is 0.102. The highest BCUT2D eigenvalue weighted by atomic mass is 16.5. The molecule has 1 atom stereocenters. The van der Waals surface area contributed by atoms with Crippen molar-refractivity contribution in [1.29, 1.82) is 0 Å². The molecule has 148 valence electrons. The molecule has 0 saturated carbocycles. The minimum absolute atomic E-state index is 0.102. The van der Waals surface area contributed by atoms with Crippen LogP contribution in [0.2, 0.25) is 0 Å². The zero-order chi connectivity index (χ0) is 19.5. The molecule has 1 fully saturated rings. The number of methoxy groups -OCH3 is 1. The standard InChI is InChI=1S/C23H27NO4/c1-16(25)18-6-7-21(24-8-10-27-11-9-24)20(14-18)13-17-12-19-4-3-5-22(26-2)23(19)28-15-17/h3-7,14,17H,8-13,15H2,1-2H3/t17-/m1/s1. The molecule has 2 aliphatic heterocycles. The second-order valence-electron chi connectivity index (χ2n) is 7.53. The number of nitrogens with zero attached hydrogens (tertiary/aromatic N) is 1. The third-order valence-electron chi connectivity index (χ3n) is 5.60. The molecule has 28 heavy (non-hydrogen) atoms. The zero-order valence-electron chi connectivity index (χ0n) is 16.6. The van der Waals surface area contributed by atoms with Crippen LogP contribution in [0, 0.1) is 5.92 Å². The topological polar surface area (TPSA) is 48.0 Å². The molecule has 2 aromatic rings. The number of Topliss-reactive ketones (excluding diaryl/α,β-unsaturated/α-hetero) is 1. The normalized spacial score (nSPS) is 18.9. The highest BCUT2D eigenvalue weighted by molar-refractivity contribution is 5.94. The Labute approximate surface area is 166 Å². The van der Waals surface area contributed by atoms with Gasteiger partial charge in [0.05, 0.1) is 26.9 Å². The van der Waals surface area contributed by atoms with E-state index in [-0.39, 0.29) is 5.78 Å². The van der Waals surface area contributed by atoms with Crippen LogP contribution in [0.25, 0.3) is 0 Å². The average Bonchev–Trinajstić information content (AvgIpc) is 2.73. The molecular formula is C23H27NO4. The van der Waals surface area contributed by atoms with E-state index in [0.29, 0.717) is 12.5 Å². The molecule has 2 aromatic carbocycles. The van der Waals surface area contributed by atoms with Gasteiger partial charge in [-0.3, -0.25) is 4.79 Å². The van der Waals surface area contributed by atoms with E-state index in [9.17, 15) is 4.79 Å². The lowest BCUT2D eigenvalue weighted by molar-refractivity contribution is 0.101. The molecule has 0 N–H and O–H groups in total. The van der Waals surface area contributed by atoms with Gasteiger partial charge in [0, 0.05) is 30.3 Å². The van der Waals surface area contributed by atoms with Crippen molar-refractivity contribution in [2.45, 2.75) is 19.8 Å². The fourth-order valence-electron chi connectivity index (χ4n) is 4.14. The van der Waals surface area contributed by atoms with Gasteiger partial charge in [0.15, 0.2) is 17.3 Å². The van der Waals surface area contributed by atoms with Gasteiger partial charge >= 0.3 is 0 Å². The number of benzene rings is 2. The third-order valence-corrected chi connectivity index (χ3v) is 5.60. The smallest absolute Gasteiger partial charge is 0.164 e. The monoisotopic (exact) mass is 381 g/mol. The lowest BCUT2D eigenvalue weighted by Crippen LogP contribution is -2.37. The predicted octanol–water partition coefficient (Wildman–Crippen LogP) is 3.53. The minimum Gasteiger partial charge on any atom is -0.493 e. The maximum atomic E-state index is 11.9. The van der Waals surface area contributed by atoms with Crippen LogP contribution < -0.4 is 14.4 Å². The largest absolute Gasteiger partial charge is 0.493 e. The molecule has 2 aliphatic rings. The first-order valence-corrected chi connectivity index (χ1v) is 9.91. The molecule has 5 nitrogen and oxygen atoms in total. The number of ether oxygens (including phenoxy) is 3. The number of fused-ring (bicyclic) bond motifs is 1. The summed E-state index contributed by atoms with van der Waals surface area (Å²) in [5.74, 6) is 2.13. The van der Waals surface area contributed by atoms with E-state index in [2.05, 4.69) is 23.1 Å². The van der Waals surface area contributed by atoms with Crippen LogP contribution in [-0.4, -0.2) is 45.8 Å². The Kier molecular flexibility index (Phi) is 5.53. The summed E-state index contributed by atoms with van der Waals surface area (Å²) in [5.41, 5.74) is 4.39. The average molecular weight is 381 g/mol. The van der Waals surface area contributed by atoms with Gasteiger partial charge in [-0.1, -0.05) is 12.1 Å². The molecule has 0 radical (unpaired) electrons. The van der Waals surface area contributed by atoms with E-state index in [1.54, 1.807) is 14.0 Å². The second-order valence-corrected chi connectivity index (χ2v) is 7.53. The van der Waals surface area contributed by atoms with Gasteiger partial charge < -0.3 is 19.1 Å². The van der Waals surface area contributed by atoms with Crippen molar-refractivity contribution in [3.8, 4) is 11.5 Å². The molecule has 2 heterocycles. The van der Waals surface area contributed by atoms with Gasteiger partial charge in [0.1, 0.15) is 0 Å². The highest BCUT2D eigenvalue weighted by Crippen LogP contribution is 2.37. The fraction of sp³-hybridized carbons (Fsp3) is 0.435. The molecule has 0 aromatic heterocycles. The Balaban J connectivity index is 1.59. The van der Waals surface area contributed by atoms with Crippen LogP contribution in [0.3, 0.4) is 0 Å². The summed E-state index contributed by atoms with van der Waals surface area (Å²) in [7, 11) is 1.67. The summed E-state index contributed by atoms with van der Waals surface area (Å²) in [6.45, 7) is 5.53. The number of ketones is 1. The van der Waals surface area contributed by atoms with Gasteiger partial charge in [-0.2, -0.15) is 0 Å². The van der Waals surface area contributed by atoms with Gasteiger partial charge in [0.25, 0.3) is 0 Å². The first kappa shape index (κ1) is 18.8. The first-order valence-electron chi connectivity index (χ1n) is 9.91. The van der Waals surface area contributed by atoms with E-state index in [1.807, 2.05) is 18.2 Å². The van der Waals surface area contributed by atoms with Gasteiger partial charge in [-0.25, -0.2) is 0 Å². The zero-order valence-corrected chi connectivity index (χ0v) is 16.6. The third kappa shape index (κ3) is 3.85. The summed E-state index contributed by atoms with van der Waals surface area (Å²) in [6, 6.07) is 12.2. The molecular weight excluding hydrogens is 354 g/mol. The number of morpholine rings is 1. The van der Waals surface area contributed by atoms with Crippen molar-refractivity contribution in [3.05, 3.63) is 53.1 Å². The Morgan fingerprint density at radius 3 is 2.79 bits per heavy atom. The number of hydrogen-bond donors (Lipinski definition) is 0. The lowest BCUT2D eigenvalue weighted by atomic mass is 9.89. The number of carbonyl (C=O) groups excluding carboxylic acids is 1. The summed E-state index contributed by atoms with van der Waals surface area (Å²) in [5, 5.41) is 0. The molecule has 1 saturated heterocycles. The highest BCUT2D eigenvalue weighted by Gasteiger charge is 2.25. The van der Waals surface area contributed by atoms with Crippen LogP contribution in [0.15, 0.2) is 36.4 Å². The predicted molar refractivity (Wildman–Crippen MR) is 109 cm³/mol. The van der Waals surface area contributed by atoms with Crippen molar-refractivity contribution < 1.29 is 19.0 Å². The summed E-state index contributed by atoms with van der Waals surface area (Å²) >= 11 is 0. The Morgan fingerprint density at radius 2 is 2.04 bits per heavy atom. The quantitative estimate of drug-likeness (QED) is 0.742. The molecule has 0 aliphatic carbocycles. The van der Waals surface area contributed by atoms with E-state index in [0.717, 1.165) is 56.2 Å². The lowest BCUT2D eigenvalue weighted by Gasteiger charge is -2.32. The van der Waals surface area contributed by atoms with Crippen LogP contribution in [-0.2, 0) is 17.6 Å². The molecule has 0 amide bonds. The molecule has 4 rings (SSSR count). The van der Waals surface area contributed by atoms with Crippen LogP contribution in [0.4, 0.5) is 5.69 Å². The number of carbonyl (C=O) groups is 1. The Morgan fingerprint density at radius 1 is 1.21 bits per heavy atom. The van der Waals surface area contributed by atoms with Crippen molar-refractivity contribution in [1.82, 2.24) is 0 Å². The SMILES string of the molecule is COc1cccc2c1OC[C@@H](Cc1cc(C(C)=O)ccc1N1CCOCC1)C2. The van der Waals surface area contributed by atoms with Crippen LogP contribution in [0.1, 0.15) is 28.4 Å². The van der Waals surface area contributed by atoms with Crippen molar-refractivity contribution in [3.63, 3.8) is 0 Å². The van der Waals surface area contributed by atoms with Crippen molar-refractivity contribution in [2.75, 3.05) is 44.9 Å². The molecule has 0 bridgehead atoms. The number of hydrogen-bond acceptors (Lipinski definition) is 5. The van der Waals surface area contributed by atoms with Gasteiger partial charge in [-0.15, -0.1) is 0 Å². The Bertz CT molecular complexity index is 858. The van der Waals surface area contributed by atoms with Gasteiger partial charge in [-0.05, 0) is 55.2 Å². The van der Waals surface area contributed by atoms with E-state index >= 15 is 0 Å². The molecule has 5 heteroatoms.